The molecular weight excluding hydrogens is 336 g/mol. The monoisotopic (exact) mass is 351 g/mol. The van der Waals surface area contributed by atoms with E-state index in [2.05, 4.69) is 9.94 Å². The highest BCUT2D eigenvalue weighted by molar-refractivity contribution is 6.30. The van der Waals surface area contributed by atoms with Crippen LogP contribution in [-0.2, 0) is 0 Å². The van der Waals surface area contributed by atoms with Gasteiger partial charge in [-0.2, -0.15) is 5.10 Å². The molecule has 0 saturated heterocycles. The van der Waals surface area contributed by atoms with E-state index in [-0.39, 0.29) is 11.5 Å². The maximum Gasteiger partial charge on any atom is 0.253 e. The number of carbonyl (C=O) groups is 1. The Morgan fingerprint density at radius 1 is 1.40 bits per heavy atom. The molecule has 0 fully saturated rings. The van der Waals surface area contributed by atoms with Gasteiger partial charge in [0.1, 0.15) is 0 Å². The Hall–Kier alpha value is -2.84. The zero-order chi connectivity index (χ0) is 19.8. The standard InChI is InChI=1S/C19H13ClN4O/c1-21-13-5-3-4-11-16(13)12-9-15(23(2)19(11)25)18-17(12)14-8-10(20)6-7-24(14)22-18/h3-8,12,15H,9H2,2H3/t12-,15-/m1/s1/i2D3. The maximum atomic E-state index is 13.2. The number of amides is 1. The van der Waals surface area contributed by atoms with Crippen LogP contribution in [0, 0.1) is 6.57 Å². The number of fused-ring (bicyclic) bond motifs is 9. The van der Waals surface area contributed by atoms with Crippen molar-refractivity contribution in [2.24, 2.45) is 0 Å². The highest BCUT2D eigenvalue weighted by atomic mass is 35.5. The number of rotatable bonds is 0. The van der Waals surface area contributed by atoms with Crippen molar-refractivity contribution in [1.29, 1.82) is 0 Å². The van der Waals surface area contributed by atoms with Gasteiger partial charge >= 0.3 is 0 Å². The van der Waals surface area contributed by atoms with Crippen LogP contribution in [0.1, 0.15) is 49.7 Å². The molecule has 5 rings (SSSR count). The van der Waals surface area contributed by atoms with E-state index in [0.29, 0.717) is 28.4 Å². The minimum atomic E-state index is -2.63. The van der Waals surface area contributed by atoms with E-state index in [1.54, 1.807) is 41.0 Å². The van der Waals surface area contributed by atoms with Crippen molar-refractivity contribution in [3.63, 3.8) is 0 Å². The normalized spacial score (nSPS) is 23.3. The molecule has 2 bridgehead atoms. The minimum Gasteiger partial charge on any atom is -0.333 e. The van der Waals surface area contributed by atoms with Gasteiger partial charge in [-0.1, -0.05) is 29.8 Å². The molecule has 1 aliphatic heterocycles. The Bertz CT molecular complexity index is 1210. The number of nitrogens with zero attached hydrogens (tertiary/aromatic N) is 4. The van der Waals surface area contributed by atoms with Gasteiger partial charge in [0.2, 0.25) is 0 Å². The number of pyridine rings is 1. The fourth-order valence-electron chi connectivity index (χ4n) is 4.08. The summed E-state index contributed by atoms with van der Waals surface area (Å²) in [7, 11) is 0. The predicted octanol–water partition coefficient (Wildman–Crippen LogP) is 4.20. The van der Waals surface area contributed by atoms with Crippen LogP contribution < -0.4 is 0 Å². The lowest BCUT2D eigenvalue weighted by atomic mass is 9.88. The molecule has 2 aromatic heterocycles. The largest absolute Gasteiger partial charge is 0.333 e. The van der Waals surface area contributed by atoms with Crippen LogP contribution in [0.15, 0.2) is 36.5 Å². The molecule has 1 amide bonds. The van der Waals surface area contributed by atoms with Gasteiger partial charge in [0.25, 0.3) is 5.91 Å². The topological polar surface area (TPSA) is 42.0 Å². The molecular formula is C19H13ClN4O. The molecule has 122 valence electrons. The lowest BCUT2D eigenvalue weighted by Gasteiger charge is -2.23. The molecule has 25 heavy (non-hydrogen) atoms. The Morgan fingerprint density at radius 3 is 3.08 bits per heavy atom. The van der Waals surface area contributed by atoms with Crippen molar-refractivity contribution in [2.75, 3.05) is 6.98 Å². The summed E-state index contributed by atoms with van der Waals surface area (Å²) in [6, 6.07) is 7.68. The van der Waals surface area contributed by atoms with E-state index in [1.165, 1.54) is 0 Å². The first-order valence-corrected chi connectivity index (χ1v) is 8.21. The second kappa shape index (κ2) is 4.84. The zero-order valence-corrected chi connectivity index (χ0v) is 13.7. The molecule has 1 aliphatic carbocycles. The first-order valence-electron chi connectivity index (χ1n) is 9.33. The van der Waals surface area contributed by atoms with E-state index in [9.17, 15) is 4.79 Å². The highest BCUT2D eigenvalue weighted by Crippen LogP contribution is 2.53. The van der Waals surface area contributed by atoms with Crippen LogP contribution in [0.5, 0.6) is 0 Å². The Morgan fingerprint density at radius 2 is 2.28 bits per heavy atom. The molecule has 2 aliphatic rings. The van der Waals surface area contributed by atoms with Gasteiger partial charge in [-0.05, 0) is 24.1 Å². The molecule has 0 spiro atoms. The summed E-state index contributed by atoms with van der Waals surface area (Å²) in [6.07, 6.45) is 2.09. The quantitative estimate of drug-likeness (QED) is 0.569. The van der Waals surface area contributed by atoms with Crippen molar-refractivity contribution in [1.82, 2.24) is 14.5 Å². The van der Waals surface area contributed by atoms with Gasteiger partial charge in [-0.25, -0.2) is 9.36 Å². The van der Waals surface area contributed by atoms with Crippen molar-refractivity contribution in [3.05, 3.63) is 75.4 Å². The smallest absolute Gasteiger partial charge is 0.253 e. The third-order valence-electron chi connectivity index (χ3n) is 5.10. The lowest BCUT2D eigenvalue weighted by Crippen LogP contribution is -2.30. The lowest BCUT2D eigenvalue weighted by molar-refractivity contribution is 0.0734. The number of hydrogen-bond acceptors (Lipinski definition) is 2. The van der Waals surface area contributed by atoms with Gasteiger partial charge < -0.3 is 4.90 Å². The van der Waals surface area contributed by atoms with Crippen molar-refractivity contribution >= 4 is 28.7 Å². The van der Waals surface area contributed by atoms with Crippen LogP contribution >= 0.6 is 11.6 Å². The molecule has 0 unspecified atom stereocenters. The summed E-state index contributed by atoms with van der Waals surface area (Å²) in [6.45, 7) is 4.94. The van der Waals surface area contributed by atoms with Gasteiger partial charge in [-0.3, -0.25) is 4.79 Å². The first-order chi connectivity index (χ1) is 13.3. The number of hydrogen-bond donors (Lipinski definition) is 0. The van der Waals surface area contributed by atoms with Crippen molar-refractivity contribution < 1.29 is 8.91 Å². The Labute approximate surface area is 153 Å². The van der Waals surface area contributed by atoms with Gasteiger partial charge in [-0.15, -0.1) is 0 Å². The highest BCUT2D eigenvalue weighted by Gasteiger charge is 2.45. The molecule has 5 nitrogen and oxygen atoms in total. The second-order valence-electron chi connectivity index (χ2n) is 6.30. The van der Waals surface area contributed by atoms with E-state index in [0.717, 1.165) is 16.0 Å². The van der Waals surface area contributed by atoms with Gasteiger partial charge in [0.05, 0.1) is 23.8 Å². The number of aromatic nitrogens is 2. The fourth-order valence-corrected chi connectivity index (χ4v) is 4.24. The second-order valence-corrected chi connectivity index (χ2v) is 6.74. The van der Waals surface area contributed by atoms with E-state index < -0.39 is 18.9 Å². The molecule has 0 saturated carbocycles. The zero-order valence-electron chi connectivity index (χ0n) is 15.9. The van der Waals surface area contributed by atoms with E-state index >= 15 is 0 Å². The molecule has 2 atom stereocenters. The summed E-state index contributed by atoms with van der Waals surface area (Å²) < 4.78 is 25.6. The average Bonchev–Trinajstić information content (AvgIpc) is 3.13. The summed E-state index contributed by atoms with van der Waals surface area (Å²) in [5.41, 5.74) is 3.36. The van der Waals surface area contributed by atoms with Crippen molar-refractivity contribution in [3.8, 4) is 0 Å². The number of halogens is 1. The number of benzene rings is 1. The molecule has 0 radical (unpaired) electrons. The first kappa shape index (κ1) is 11.7. The predicted molar refractivity (Wildman–Crippen MR) is 94.2 cm³/mol. The van der Waals surface area contributed by atoms with Crippen LogP contribution in [0.25, 0.3) is 10.4 Å². The third-order valence-corrected chi connectivity index (χ3v) is 5.33. The summed E-state index contributed by atoms with van der Waals surface area (Å²) in [5.74, 6) is -0.888. The van der Waals surface area contributed by atoms with Crippen molar-refractivity contribution in [2.45, 2.75) is 18.4 Å². The molecule has 0 N–H and O–H groups in total. The van der Waals surface area contributed by atoms with Crippen LogP contribution in [0.4, 0.5) is 5.69 Å². The van der Waals surface area contributed by atoms with E-state index in [4.69, 9.17) is 22.3 Å². The maximum absolute atomic E-state index is 13.2. The van der Waals surface area contributed by atoms with E-state index in [1.807, 2.05) is 0 Å². The summed E-state index contributed by atoms with van der Waals surface area (Å²) in [5, 5.41) is 5.12. The van der Waals surface area contributed by atoms with Gasteiger partial charge in [0, 0.05) is 39.4 Å². The Kier molecular flexibility index (Phi) is 2.26. The fraction of sp³-hybridized carbons (Fsp3) is 0.211. The molecule has 1 aromatic carbocycles. The summed E-state index contributed by atoms with van der Waals surface area (Å²) >= 11 is 6.19. The molecule has 3 heterocycles. The number of carbonyl (C=O) groups excluding carboxylic acids is 1. The van der Waals surface area contributed by atoms with Crippen LogP contribution in [0.3, 0.4) is 0 Å². The van der Waals surface area contributed by atoms with Crippen LogP contribution in [0.2, 0.25) is 5.02 Å². The SMILES string of the molecule is [2H]C([2H])([2H])N1C(=O)c2cccc([N+]#[C-])c2[C@H]2C[C@@H]1c1nn3ccc(Cl)cc3c12. The minimum absolute atomic E-state index is 0.268. The molecule has 3 aromatic rings. The van der Waals surface area contributed by atoms with Crippen LogP contribution in [-0.4, -0.2) is 27.4 Å². The van der Waals surface area contributed by atoms with Gasteiger partial charge in [0.15, 0.2) is 5.69 Å². The average molecular weight is 352 g/mol. The Balaban J connectivity index is 1.90. The third kappa shape index (κ3) is 1.77. The summed E-state index contributed by atoms with van der Waals surface area (Å²) in [4.78, 5) is 17.8. The molecule has 6 heteroatoms.